The lowest BCUT2D eigenvalue weighted by Crippen LogP contribution is -2.65. The fourth-order valence-corrected chi connectivity index (χ4v) is 2.95. The number of nitrogens with one attached hydrogen (secondary N) is 1. The number of carbonyl (C=O) groups is 1. The van der Waals surface area contributed by atoms with Crippen molar-refractivity contribution in [2.24, 2.45) is 0 Å². The third kappa shape index (κ3) is 3.74. The Morgan fingerprint density at radius 1 is 1.16 bits per heavy atom. The van der Waals surface area contributed by atoms with E-state index in [1.54, 1.807) is 6.07 Å². The maximum Gasteiger partial charge on any atom is 0.223 e. The van der Waals surface area contributed by atoms with Crippen LogP contribution >= 0.6 is 0 Å². The second kappa shape index (κ2) is 7.37. The molecular formula is C18H21NO6. The zero-order chi connectivity index (χ0) is 18.0. The van der Waals surface area contributed by atoms with Gasteiger partial charge in [-0.2, -0.15) is 0 Å². The van der Waals surface area contributed by atoms with Crippen LogP contribution in [0.2, 0.25) is 0 Å². The standard InChI is InChI=1S/C18H21NO6/c1-10(21)19-15-17(23)16(22)14(9-20)25-18(15)24-13-7-6-11-4-2-3-5-12(11)8-13/h2-8,14-18,20,22-23H,9H2,1H3,(H,19,21). The molecule has 5 unspecified atom stereocenters. The van der Waals surface area contributed by atoms with E-state index >= 15 is 0 Å². The van der Waals surface area contributed by atoms with Crippen LogP contribution in [0.15, 0.2) is 42.5 Å². The molecule has 1 aliphatic heterocycles. The number of carbonyl (C=O) groups excluding carboxylic acids is 1. The molecule has 7 nitrogen and oxygen atoms in total. The Morgan fingerprint density at radius 2 is 1.88 bits per heavy atom. The number of ether oxygens (including phenoxy) is 2. The van der Waals surface area contributed by atoms with Crippen molar-refractivity contribution in [1.29, 1.82) is 0 Å². The molecule has 2 aromatic rings. The molecule has 134 valence electrons. The van der Waals surface area contributed by atoms with Gasteiger partial charge in [0.1, 0.15) is 30.1 Å². The van der Waals surface area contributed by atoms with E-state index in [1.807, 2.05) is 36.4 Å². The molecule has 3 rings (SSSR count). The lowest BCUT2D eigenvalue weighted by atomic mass is 9.97. The van der Waals surface area contributed by atoms with Gasteiger partial charge in [0.15, 0.2) is 0 Å². The van der Waals surface area contributed by atoms with Gasteiger partial charge in [0.2, 0.25) is 12.2 Å². The summed E-state index contributed by atoms with van der Waals surface area (Å²) in [5, 5.41) is 34.2. The third-order valence-electron chi connectivity index (χ3n) is 4.22. The maximum atomic E-state index is 11.4. The van der Waals surface area contributed by atoms with E-state index in [4.69, 9.17) is 9.47 Å². The molecule has 1 amide bonds. The van der Waals surface area contributed by atoms with E-state index < -0.39 is 43.2 Å². The highest BCUT2D eigenvalue weighted by Crippen LogP contribution is 2.26. The average Bonchev–Trinajstić information content (AvgIpc) is 2.61. The average molecular weight is 347 g/mol. The highest BCUT2D eigenvalue weighted by Gasteiger charge is 2.46. The van der Waals surface area contributed by atoms with Crippen LogP contribution in [-0.4, -0.2) is 58.5 Å². The summed E-state index contributed by atoms with van der Waals surface area (Å²) >= 11 is 0. The van der Waals surface area contributed by atoms with Crippen LogP contribution in [-0.2, 0) is 9.53 Å². The number of aliphatic hydroxyl groups is 3. The molecule has 25 heavy (non-hydrogen) atoms. The van der Waals surface area contributed by atoms with Crippen molar-refractivity contribution in [2.45, 2.75) is 37.6 Å². The Kier molecular flexibility index (Phi) is 5.19. The minimum Gasteiger partial charge on any atom is -0.463 e. The summed E-state index contributed by atoms with van der Waals surface area (Å²) in [6, 6.07) is 12.2. The van der Waals surface area contributed by atoms with Crippen LogP contribution in [0, 0.1) is 0 Å². The monoisotopic (exact) mass is 347 g/mol. The van der Waals surface area contributed by atoms with Crippen LogP contribution < -0.4 is 10.1 Å². The summed E-state index contributed by atoms with van der Waals surface area (Å²) in [6.45, 7) is 0.812. The Hall–Kier alpha value is -2.19. The van der Waals surface area contributed by atoms with Crippen molar-refractivity contribution in [3.8, 4) is 5.75 Å². The number of benzene rings is 2. The van der Waals surface area contributed by atoms with Crippen molar-refractivity contribution >= 4 is 16.7 Å². The van der Waals surface area contributed by atoms with Crippen molar-refractivity contribution in [2.75, 3.05) is 6.61 Å². The van der Waals surface area contributed by atoms with E-state index in [9.17, 15) is 20.1 Å². The zero-order valence-corrected chi connectivity index (χ0v) is 13.7. The largest absolute Gasteiger partial charge is 0.463 e. The lowest BCUT2D eigenvalue weighted by molar-refractivity contribution is -0.244. The van der Waals surface area contributed by atoms with Gasteiger partial charge in [-0.3, -0.25) is 4.79 Å². The first kappa shape index (κ1) is 17.6. The van der Waals surface area contributed by atoms with Gasteiger partial charge in [0.05, 0.1) is 6.61 Å². The molecule has 1 aliphatic rings. The first-order valence-corrected chi connectivity index (χ1v) is 8.04. The van der Waals surface area contributed by atoms with Crippen molar-refractivity contribution in [1.82, 2.24) is 5.32 Å². The van der Waals surface area contributed by atoms with Crippen molar-refractivity contribution in [3.05, 3.63) is 42.5 Å². The van der Waals surface area contributed by atoms with Gasteiger partial charge >= 0.3 is 0 Å². The molecule has 1 saturated heterocycles. The molecule has 7 heteroatoms. The summed E-state index contributed by atoms with van der Waals surface area (Å²) in [5.74, 6) is 0.0914. The van der Waals surface area contributed by atoms with Crippen LogP contribution in [0.5, 0.6) is 5.75 Å². The van der Waals surface area contributed by atoms with Crippen molar-refractivity contribution in [3.63, 3.8) is 0 Å². The molecule has 0 aromatic heterocycles. The minimum atomic E-state index is -1.33. The van der Waals surface area contributed by atoms with Crippen LogP contribution in [0.4, 0.5) is 0 Å². The van der Waals surface area contributed by atoms with Gasteiger partial charge in [-0.1, -0.05) is 30.3 Å². The number of hydrogen-bond acceptors (Lipinski definition) is 6. The Morgan fingerprint density at radius 3 is 2.56 bits per heavy atom. The van der Waals surface area contributed by atoms with Gasteiger partial charge < -0.3 is 30.1 Å². The quantitative estimate of drug-likeness (QED) is 0.628. The minimum absolute atomic E-state index is 0.394. The molecule has 2 aromatic carbocycles. The number of fused-ring (bicyclic) bond motifs is 1. The van der Waals surface area contributed by atoms with E-state index in [-0.39, 0.29) is 0 Å². The van der Waals surface area contributed by atoms with Gasteiger partial charge in [0, 0.05) is 6.92 Å². The highest BCUT2D eigenvalue weighted by molar-refractivity contribution is 5.83. The topological polar surface area (TPSA) is 108 Å². The molecule has 4 N–H and O–H groups in total. The van der Waals surface area contributed by atoms with Gasteiger partial charge in [0.25, 0.3) is 0 Å². The van der Waals surface area contributed by atoms with E-state index in [2.05, 4.69) is 5.32 Å². The second-order valence-electron chi connectivity index (χ2n) is 6.06. The third-order valence-corrected chi connectivity index (χ3v) is 4.22. The fourth-order valence-electron chi connectivity index (χ4n) is 2.95. The van der Waals surface area contributed by atoms with E-state index in [0.29, 0.717) is 5.75 Å². The molecule has 0 radical (unpaired) electrons. The predicted molar refractivity (Wildman–Crippen MR) is 89.9 cm³/mol. The van der Waals surface area contributed by atoms with Crippen molar-refractivity contribution < 1.29 is 29.6 Å². The van der Waals surface area contributed by atoms with E-state index in [0.717, 1.165) is 10.8 Å². The SMILES string of the molecule is CC(=O)NC1C(Oc2ccc3ccccc3c2)OC(CO)C(O)C1O. The second-order valence-corrected chi connectivity index (χ2v) is 6.06. The van der Waals surface area contributed by atoms with Crippen LogP contribution in [0.3, 0.4) is 0 Å². The smallest absolute Gasteiger partial charge is 0.223 e. The number of rotatable bonds is 4. The number of aliphatic hydroxyl groups excluding tert-OH is 3. The van der Waals surface area contributed by atoms with Gasteiger partial charge in [-0.05, 0) is 22.9 Å². The number of hydrogen-bond donors (Lipinski definition) is 4. The van der Waals surface area contributed by atoms with E-state index in [1.165, 1.54) is 6.92 Å². The summed E-state index contributed by atoms with van der Waals surface area (Å²) in [6.07, 6.45) is -4.73. The maximum absolute atomic E-state index is 11.4. The molecular weight excluding hydrogens is 326 g/mol. The van der Waals surface area contributed by atoms with Gasteiger partial charge in [-0.15, -0.1) is 0 Å². The normalized spacial score (nSPS) is 29.4. The molecule has 0 spiro atoms. The molecule has 0 saturated carbocycles. The molecule has 0 aliphatic carbocycles. The summed E-state index contributed by atoms with van der Waals surface area (Å²) < 4.78 is 11.4. The summed E-state index contributed by atoms with van der Waals surface area (Å²) in [7, 11) is 0. The summed E-state index contributed by atoms with van der Waals surface area (Å²) in [4.78, 5) is 11.4. The van der Waals surface area contributed by atoms with Crippen LogP contribution in [0.1, 0.15) is 6.92 Å². The first-order valence-electron chi connectivity index (χ1n) is 8.04. The Balaban J connectivity index is 1.86. The van der Waals surface area contributed by atoms with Gasteiger partial charge in [-0.25, -0.2) is 0 Å². The Bertz CT molecular complexity index is 751. The van der Waals surface area contributed by atoms with Crippen LogP contribution in [0.25, 0.3) is 10.8 Å². The zero-order valence-electron chi connectivity index (χ0n) is 13.7. The first-order chi connectivity index (χ1) is 12.0. The molecule has 0 bridgehead atoms. The number of amides is 1. The highest BCUT2D eigenvalue weighted by atomic mass is 16.7. The Labute approximate surface area is 144 Å². The fraction of sp³-hybridized carbons (Fsp3) is 0.389. The predicted octanol–water partition coefficient (Wildman–Crippen LogP) is 0.162. The molecule has 1 fully saturated rings. The lowest BCUT2D eigenvalue weighted by Gasteiger charge is -2.42. The molecule has 5 atom stereocenters. The summed E-state index contributed by atoms with van der Waals surface area (Å²) in [5.41, 5.74) is 0. The molecule has 1 heterocycles.